The van der Waals surface area contributed by atoms with Crippen LogP contribution in [0.15, 0.2) is 36.7 Å². The lowest BCUT2D eigenvalue weighted by molar-refractivity contribution is -0.143. The number of likely N-dealkylation sites (N-methyl/N-ethyl adjacent to an activating group) is 1. The lowest BCUT2D eigenvalue weighted by Gasteiger charge is -2.36. The molecule has 0 spiro atoms. The minimum atomic E-state index is -0.842. The number of carbonyl (C=O) groups is 3. The number of halogens is 3. The molecule has 11 nitrogen and oxygen atoms in total. The topological polar surface area (TPSA) is 138 Å². The Morgan fingerprint density at radius 3 is 2.51 bits per heavy atom. The molecule has 0 aliphatic carbocycles. The molecule has 4 rings (SSSR count). The van der Waals surface area contributed by atoms with Crippen LogP contribution >= 0.6 is 12.4 Å². The minimum absolute atomic E-state index is 0. The summed E-state index contributed by atoms with van der Waals surface area (Å²) in [5, 5.41) is 12.2. The fourth-order valence-corrected chi connectivity index (χ4v) is 5.07. The summed E-state index contributed by atoms with van der Waals surface area (Å²) in [5.41, 5.74) is 0.482. The van der Waals surface area contributed by atoms with Crippen LogP contribution in [0.1, 0.15) is 46.1 Å². The molecule has 2 aromatic carbocycles. The Bertz CT molecular complexity index is 1550. The van der Waals surface area contributed by atoms with E-state index in [-0.39, 0.29) is 36.3 Å². The van der Waals surface area contributed by atoms with Crippen molar-refractivity contribution in [1.82, 2.24) is 25.5 Å². The average Bonchev–Trinajstić information content (AvgIpc) is 3.48. The van der Waals surface area contributed by atoms with Gasteiger partial charge in [0.1, 0.15) is 41.6 Å². The van der Waals surface area contributed by atoms with E-state index in [9.17, 15) is 23.2 Å². The van der Waals surface area contributed by atoms with Crippen molar-refractivity contribution in [2.75, 3.05) is 31.3 Å². The largest absolute Gasteiger partial charge is 0.494 e. The van der Waals surface area contributed by atoms with Crippen LogP contribution in [0.25, 0.3) is 10.9 Å². The average molecular weight is 648 g/mol. The molecular formula is C31H40ClF2N7O4. The van der Waals surface area contributed by atoms with Gasteiger partial charge in [0, 0.05) is 36.2 Å². The number of likely N-dealkylation sites (tertiary alicyclic amines) is 1. The van der Waals surface area contributed by atoms with Gasteiger partial charge < -0.3 is 30.9 Å². The molecule has 14 heteroatoms. The van der Waals surface area contributed by atoms with Gasteiger partial charge in [-0.1, -0.05) is 26.8 Å². The maximum atomic E-state index is 14.2. The van der Waals surface area contributed by atoms with E-state index >= 15 is 0 Å². The predicted molar refractivity (Wildman–Crippen MR) is 170 cm³/mol. The van der Waals surface area contributed by atoms with Crippen LogP contribution in [0.5, 0.6) is 5.75 Å². The first-order chi connectivity index (χ1) is 20.8. The van der Waals surface area contributed by atoms with Crippen LogP contribution in [0.2, 0.25) is 0 Å². The molecule has 0 saturated carbocycles. The van der Waals surface area contributed by atoms with Gasteiger partial charge in [-0.3, -0.25) is 14.4 Å². The molecule has 4 N–H and O–H groups in total. The van der Waals surface area contributed by atoms with E-state index in [1.165, 1.54) is 30.5 Å². The monoisotopic (exact) mass is 647 g/mol. The van der Waals surface area contributed by atoms with E-state index in [4.69, 9.17) is 4.74 Å². The normalized spacial score (nSPS) is 16.0. The Morgan fingerprint density at radius 2 is 1.87 bits per heavy atom. The third-order valence-electron chi connectivity index (χ3n) is 7.74. The van der Waals surface area contributed by atoms with E-state index in [0.29, 0.717) is 47.5 Å². The van der Waals surface area contributed by atoms with Crippen molar-refractivity contribution in [3.8, 4) is 5.75 Å². The third kappa shape index (κ3) is 8.14. The summed E-state index contributed by atoms with van der Waals surface area (Å²) in [4.78, 5) is 50.2. The Labute approximate surface area is 267 Å². The van der Waals surface area contributed by atoms with Crippen LogP contribution in [-0.4, -0.2) is 71.4 Å². The second-order valence-electron chi connectivity index (χ2n) is 11.9. The summed E-state index contributed by atoms with van der Waals surface area (Å²) < 4.78 is 33.1. The van der Waals surface area contributed by atoms with Crippen molar-refractivity contribution < 1.29 is 27.9 Å². The standard InChI is InChI=1S/C31H39F2N7O4.ClH/c1-17(34-5)28(41)39-26(31(2,3)4)30(43)40-11-7-8-24(40)29(42)38-23-13-20-22(14-25(23)44-6)36-16-37-27(20)35-15-18-9-10-19(32)12-21(18)33;/h9-10,12-14,16-17,24,26,34H,7-8,11,15H2,1-6H3,(H,38,42)(H,39,41)(H,35,36,37);1H/t17-,24-,26+;/m0./s1. The van der Waals surface area contributed by atoms with Gasteiger partial charge in [0.2, 0.25) is 17.7 Å². The van der Waals surface area contributed by atoms with Crippen LogP contribution in [0, 0.1) is 17.0 Å². The van der Waals surface area contributed by atoms with Gasteiger partial charge in [-0.05, 0) is 44.4 Å². The molecule has 1 aliphatic heterocycles. The van der Waals surface area contributed by atoms with Crippen molar-refractivity contribution >= 4 is 52.5 Å². The van der Waals surface area contributed by atoms with Crippen molar-refractivity contribution in [2.45, 2.75) is 65.2 Å². The van der Waals surface area contributed by atoms with E-state index in [0.717, 1.165) is 6.07 Å². The number of fused-ring (bicyclic) bond motifs is 1. The molecule has 3 amide bonds. The number of aromatic nitrogens is 2. The number of anilines is 2. The van der Waals surface area contributed by atoms with E-state index in [1.54, 1.807) is 26.1 Å². The number of nitrogens with one attached hydrogen (secondary N) is 4. The van der Waals surface area contributed by atoms with Gasteiger partial charge >= 0.3 is 0 Å². The van der Waals surface area contributed by atoms with E-state index < -0.39 is 41.1 Å². The lowest BCUT2D eigenvalue weighted by atomic mass is 9.85. The molecule has 0 bridgehead atoms. The summed E-state index contributed by atoms with van der Waals surface area (Å²) in [5.74, 6) is -1.69. The first-order valence-corrected chi connectivity index (χ1v) is 14.4. The Balaban J connectivity index is 0.00000552. The highest BCUT2D eigenvalue weighted by molar-refractivity contribution is 6.02. The number of ether oxygens (including phenoxy) is 1. The number of hydrogen-bond donors (Lipinski definition) is 4. The van der Waals surface area contributed by atoms with Gasteiger partial charge in [0.15, 0.2) is 0 Å². The summed E-state index contributed by atoms with van der Waals surface area (Å²) in [6, 6.07) is 4.52. The minimum Gasteiger partial charge on any atom is -0.494 e. The highest BCUT2D eigenvalue weighted by atomic mass is 35.5. The molecule has 2 heterocycles. The second kappa shape index (κ2) is 14.8. The summed E-state index contributed by atoms with van der Waals surface area (Å²) >= 11 is 0. The maximum absolute atomic E-state index is 14.2. The van der Waals surface area contributed by atoms with Gasteiger partial charge in [0.25, 0.3) is 0 Å². The van der Waals surface area contributed by atoms with E-state index in [2.05, 4.69) is 31.2 Å². The molecule has 45 heavy (non-hydrogen) atoms. The molecule has 0 unspecified atom stereocenters. The first kappa shape index (κ1) is 35.4. The number of methoxy groups -OCH3 is 1. The van der Waals surface area contributed by atoms with Crippen LogP contribution in [0.4, 0.5) is 20.3 Å². The molecule has 0 radical (unpaired) electrons. The Kier molecular flexibility index (Phi) is 11.6. The molecule has 1 fully saturated rings. The maximum Gasteiger partial charge on any atom is 0.247 e. The molecule has 3 aromatic rings. The first-order valence-electron chi connectivity index (χ1n) is 14.4. The van der Waals surface area contributed by atoms with Gasteiger partial charge in [-0.2, -0.15) is 0 Å². The van der Waals surface area contributed by atoms with Crippen LogP contribution in [0.3, 0.4) is 0 Å². The Hall–Kier alpha value is -4.10. The molecule has 3 atom stereocenters. The number of hydrogen-bond acceptors (Lipinski definition) is 8. The summed E-state index contributed by atoms with van der Waals surface area (Å²) in [6.45, 7) is 7.70. The molecule has 1 saturated heterocycles. The Morgan fingerprint density at radius 1 is 1.13 bits per heavy atom. The summed E-state index contributed by atoms with van der Waals surface area (Å²) in [7, 11) is 3.12. The zero-order valence-electron chi connectivity index (χ0n) is 26.2. The quantitative estimate of drug-likeness (QED) is 0.259. The zero-order valence-corrected chi connectivity index (χ0v) is 27.0. The van der Waals surface area contributed by atoms with Crippen molar-refractivity contribution in [3.05, 3.63) is 53.9 Å². The number of rotatable bonds is 10. The van der Waals surface area contributed by atoms with Crippen LogP contribution in [-0.2, 0) is 20.9 Å². The smallest absolute Gasteiger partial charge is 0.247 e. The predicted octanol–water partition coefficient (Wildman–Crippen LogP) is 4.02. The molecular weight excluding hydrogens is 608 g/mol. The molecule has 1 aliphatic rings. The van der Waals surface area contributed by atoms with Gasteiger partial charge in [-0.15, -0.1) is 12.4 Å². The van der Waals surface area contributed by atoms with E-state index in [1.807, 2.05) is 20.8 Å². The van der Waals surface area contributed by atoms with Crippen molar-refractivity contribution in [1.29, 1.82) is 0 Å². The van der Waals surface area contributed by atoms with Crippen molar-refractivity contribution in [2.24, 2.45) is 5.41 Å². The highest BCUT2D eigenvalue weighted by Crippen LogP contribution is 2.33. The van der Waals surface area contributed by atoms with Gasteiger partial charge in [0.05, 0.1) is 24.4 Å². The van der Waals surface area contributed by atoms with Crippen LogP contribution < -0.4 is 26.0 Å². The number of nitrogens with zero attached hydrogens (tertiary/aromatic N) is 3. The number of carbonyl (C=O) groups excluding carboxylic acids is 3. The lowest BCUT2D eigenvalue weighted by Crippen LogP contribution is -2.59. The SMILES string of the molecule is CN[C@@H](C)C(=O)N[C@H](C(=O)N1CCC[C@H]1C(=O)Nc1cc2c(NCc3ccc(F)cc3F)ncnc2cc1OC)C(C)(C)C.Cl. The number of amides is 3. The second-order valence-corrected chi connectivity index (χ2v) is 11.9. The fourth-order valence-electron chi connectivity index (χ4n) is 5.07. The molecule has 244 valence electrons. The fraction of sp³-hybridized carbons (Fsp3) is 0.452. The highest BCUT2D eigenvalue weighted by Gasteiger charge is 2.42. The zero-order chi connectivity index (χ0) is 32.2. The van der Waals surface area contributed by atoms with Gasteiger partial charge in [-0.25, -0.2) is 18.7 Å². The number of benzene rings is 2. The third-order valence-corrected chi connectivity index (χ3v) is 7.74. The van der Waals surface area contributed by atoms with Crippen molar-refractivity contribution in [3.63, 3.8) is 0 Å². The molecule has 1 aromatic heterocycles. The summed E-state index contributed by atoms with van der Waals surface area (Å²) in [6.07, 6.45) is 2.41.